The third-order valence-electron chi connectivity index (χ3n) is 4.80. The number of nitrogens with one attached hydrogen (secondary N) is 2. The molecule has 0 aliphatic carbocycles. The Morgan fingerprint density at radius 3 is 2.97 bits per heavy atom. The van der Waals surface area contributed by atoms with Crippen LogP contribution in [0.15, 0.2) is 60.0 Å². The largest absolute Gasteiger partial charge is 0.357 e. The average molecular weight is 503 g/mol. The third-order valence-corrected chi connectivity index (χ3v) is 4.80. The van der Waals surface area contributed by atoms with Crippen LogP contribution in [0.5, 0.6) is 0 Å². The Balaban J connectivity index is 0.00000240. The maximum Gasteiger partial charge on any atom is 0.191 e. The van der Waals surface area contributed by atoms with Gasteiger partial charge in [-0.05, 0) is 37.1 Å². The molecule has 4 rings (SSSR count). The summed E-state index contributed by atoms with van der Waals surface area (Å²) in [6, 6.07) is 14.6. The number of rotatable bonds is 5. The second kappa shape index (κ2) is 10.3. The van der Waals surface area contributed by atoms with E-state index in [1.807, 2.05) is 29.1 Å². The molecule has 1 atom stereocenters. The van der Waals surface area contributed by atoms with Gasteiger partial charge in [0.25, 0.3) is 0 Å². The molecular weight excluding hydrogens is 477 g/mol. The third kappa shape index (κ3) is 5.53. The fourth-order valence-electron chi connectivity index (χ4n) is 3.40. The normalized spacial score (nSPS) is 15.9. The van der Waals surface area contributed by atoms with Crippen LogP contribution in [0.4, 0.5) is 0 Å². The molecule has 0 bridgehead atoms. The Morgan fingerprint density at radius 1 is 1.21 bits per heavy atom. The average Bonchev–Trinajstić information content (AvgIpc) is 3.21. The van der Waals surface area contributed by atoms with Crippen molar-refractivity contribution in [2.45, 2.75) is 38.9 Å². The predicted molar refractivity (Wildman–Crippen MR) is 125 cm³/mol. The van der Waals surface area contributed by atoms with Gasteiger partial charge in [-0.15, -0.1) is 24.0 Å². The Bertz CT molecular complexity index is 939. The van der Waals surface area contributed by atoms with E-state index in [2.05, 4.69) is 56.9 Å². The fourth-order valence-corrected chi connectivity index (χ4v) is 3.40. The Morgan fingerprint density at radius 2 is 2.14 bits per heavy atom. The summed E-state index contributed by atoms with van der Waals surface area (Å²) in [7, 11) is 0. The zero-order chi connectivity index (χ0) is 19.2. The molecule has 8 heteroatoms. The minimum Gasteiger partial charge on any atom is -0.357 e. The van der Waals surface area contributed by atoms with Crippen LogP contribution < -0.4 is 10.6 Å². The number of halogens is 1. The molecule has 2 N–H and O–H groups in total. The molecule has 0 saturated heterocycles. The maximum atomic E-state index is 4.78. The van der Waals surface area contributed by atoms with Crippen molar-refractivity contribution in [1.82, 2.24) is 30.4 Å². The Kier molecular flexibility index (Phi) is 7.56. The standard InChI is InChI=1S/C21H25N7.HI/c1-2-22-21(27-18-9-10-20-25-15-26-28(20)14-18)24-13-16-6-5-7-17(12-16)19-8-3-4-11-23-19;/h3-8,11-12,15,18H,2,9-10,13-14H2,1H3,(H2,22,24,27);1H. The summed E-state index contributed by atoms with van der Waals surface area (Å²) in [5, 5.41) is 11.2. The SMILES string of the molecule is CCNC(=NCc1cccc(-c2ccccn2)c1)NC1CCc2ncnn2C1.I. The molecule has 152 valence electrons. The van der Waals surface area contributed by atoms with Crippen LogP contribution in [0.1, 0.15) is 24.7 Å². The van der Waals surface area contributed by atoms with Crippen molar-refractivity contribution in [3.05, 3.63) is 66.4 Å². The smallest absolute Gasteiger partial charge is 0.191 e. The summed E-state index contributed by atoms with van der Waals surface area (Å²) in [5.41, 5.74) is 3.24. The van der Waals surface area contributed by atoms with Gasteiger partial charge in [-0.25, -0.2) is 14.7 Å². The number of hydrogen-bond donors (Lipinski definition) is 2. The van der Waals surface area contributed by atoms with Crippen LogP contribution >= 0.6 is 24.0 Å². The van der Waals surface area contributed by atoms with E-state index >= 15 is 0 Å². The number of aryl methyl sites for hydroxylation is 1. The van der Waals surface area contributed by atoms with E-state index < -0.39 is 0 Å². The first-order valence-electron chi connectivity index (χ1n) is 9.73. The van der Waals surface area contributed by atoms with Crippen molar-refractivity contribution in [2.75, 3.05) is 6.54 Å². The Labute approximate surface area is 188 Å². The molecule has 0 amide bonds. The summed E-state index contributed by atoms with van der Waals surface area (Å²) in [6.45, 7) is 4.32. The first-order chi connectivity index (χ1) is 13.8. The van der Waals surface area contributed by atoms with E-state index in [9.17, 15) is 0 Å². The van der Waals surface area contributed by atoms with Gasteiger partial charge in [-0.1, -0.05) is 24.3 Å². The number of hydrogen-bond acceptors (Lipinski definition) is 4. The van der Waals surface area contributed by atoms with Crippen LogP contribution in [0.3, 0.4) is 0 Å². The predicted octanol–water partition coefficient (Wildman–Crippen LogP) is 3.03. The van der Waals surface area contributed by atoms with E-state index in [-0.39, 0.29) is 24.0 Å². The molecule has 29 heavy (non-hydrogen) atoms. The monoisotopic (exact) mass is 503 g/mol. The van der Waals surface area contributed by atoms with Gasteiger partial charge in [-0.3, -0.25) is 4.98 Å². The van der Waals surface area contributed by atoms with Crippen molar-refractivity contribution >= 4 is 29.9 Å². The van der Waals surface area contributed by atoms with E-state index in [4.69, 9.17) is 4.99 Å². The molecule has 7 nitrogen and oxygen atoms in total. The molecule has 0 spiro atoms. The van der Waals surface area contributed by atoms with Gasteiger partial charge in [-0.2, -0.15) is 5.10 Å². The Hall–Kier alpha value is -2.49. The highest BCUT2D eigenvalue weighted by atomic mass is 127. The van der Waals surface area contributed by atoms with Crippen molar-refractivity contribution in [3.8, 4) is 11.3 Å². The molecule has 1 aromatic carbocycles. The fraction of sp³-hybridized carbons (Fsp3) is 0.333. The zero-order valence-electron chi connectivity index (χ0n) is 16.5. The van der Waals surface area contributed by atoms with E-state index in [1.54, 1.807) is 6.33 Å². The van der Waals surface area contributed by atoms with E-state index in [1.165, 1.54) is 0 Å². The van der Waals surface area contributed by atoms with Crippen LogP contribution in [0.25, 0.3) is 11.3 Å². The highest BCUT2D eigenvalue weighted by Crippen LogP contribution is 2.18. The molecule has 1 unspecified atom stereocenters. The molecule has 0 radical (unpaired) electrons. The summed E-state index contributed by atoms with van der Waals surface area (Å²) in [6.07, 6.45) is 5.41. The van der Waals surface area contributed by atoms with Gasteiger partial charge in [0.1, 0.15) is 12.2 Å². The highest BCUT2D eigenvalue weighted by molar-refractivity contribution is 14.0. The second-order valence-corrected chi connectivity index (χ2v) is 6.85. The van der Waals surface area contributed by atoms with Crippen LogP contribution in [0.2, 0.25) is 0 Å². The second-order valence-electron chi connectivity index (χ2n) is 6.85. The number of nitrogens with zero attached hydrogens (tertiary/aromatic N) is 5. The quantitative estimate of drug-likeness (QED) is 0.318. The molecular formula is C21H26IN7. The van der Waals surface area contributed by atoms with Gasteiger partial charge < -0.3 is 10.6 Å². The van der Waals surface area contributed by atoms with Gasteiger partial charge in [0.15, 0.2) is 5.96 Å². The molecule has 1 aliphatic rings. The number of guanidine groups is 1. The van der Waals surface area contributed by atoms with E-state index in [0.29, 0.717) is 12.6 Å². The van der Waals surface area contributed by atoms with Gasteiger partial charge >= 0.3 is 0 Å². The van der Waals surface area contributed by atoms with Crippen LogP contribution in [-0.4, -0.2) is 38.3 Å². The summed E-state index contributed by atoms with van der Waals surface area (Å²) in [5.74, 6) is 1.89. The molecule has 3 heterocycles. The van der Waals surface area contributed by atoms with Crippen molar-refractivity contribution < 1.29 is 0 Å². The lowest BCUT2D eigenvalue weighted by Crippen LogP contribution is -2.47. The summed E-state index contributed by atoms with van der Waals surface area (Å²) >= 11 is 0. The van der Waals surface area contributed by atoms with Crippen molar-refractivity contribution in [2.24, 2.45) is 4.99 Å². The van der Waals surface area contributed by atoms with Crippen molar-refractivity contribution in [1.29, 1.82) is 0 Å². The lowest BCUT2D eigenvalue weighted by molar-refractivity contribution is 0.392. The van der Waals surface area contributed by atoms with Crippen LogP contribution in [0, 0.1) is 0 Å². The van der Waals surface area contributed by atoms with Gasteiger partial charge in [0, 0.05) is 30.8 Å². The summed E-state index contributed by atoms with van der Waals surface area (Å²) in [4.78, 5) is 13.5. The van der Waals surface area contributed by atoms with E-state index in [0.717, 1.165) is 54.5 Å². The topological polar surface area (TPSA) is 80.0 Å². The van der Waals surface area contributed by atoms with Gasteiger partial charge in [0.2, 0.25) is 0 Å². The number of fused-ring (bicyclic) bond motifs is 1. The highest BCUT2D eigenvalue weighted by Gasteiger charge is 2.20. The maximum absolute atomic E-state index is 4.78. The lowest BCUT2D eigenvalue weighted by Gasteiger charge is -2.25. The molecule has 1 aliphatic heterocycles. The van der Waals surface area contributed by atoms with Gasteiger partial charge in [0.05, 0.1) is 18.8 Å². The molecule has 3 aromatic rings. The summed E-state index contributed by atoms with van der Waals surface area (Å²) < 4.78 is 1.97. The number of benzene rings is 1. The first-order valence-corrected chi connectivity index (χ1v) is 9.73. The number of aromatic nitrogens is 4. The lowest BCUT2D eigenvalue weighted by atomic mass is 10.1. The molecule has 0 fully saturated rings. The minimum absolute atomic E-state index is 0. The van der Waals surface area contributed by atoms with Crippen LogP contribution in [-0.2, 0) is 19.5 Å². The molecule has 0 saturated carbocycles. The minimum atomic E-state index is 0. The molecule has 2 aromatic heterocycles. The first kappa shape index (κ1) is 21.2. The zero-order valence-corrected chi connectivity index (χ0v) is 18.8. The van der Waals surface area contributed by atoms with Crippen molar-refractivity contribution in [3.63, 3.8) is 0 Å². The number of aliphatic imine (C=N–C) groups is 1. The number of pyridine rings is 1.